The number of hydrogen-bond acceptors (Lipinski definition) is 4. The highest BCUT2D eigenvalue weighted by Gasteiger charge is 2.19. The van der Waals surface area contributed by atoms with E-state index in [9.17, 15) is 9.59 Å². The van der Waals surface area contributed by atoms with Gasteiger partial charge in [-0.25, -0.2) is 4.79 Å². The van der Waals surface area contributed by atoms with Gasteiger partial charge in [0.1, 0.15) is 6.04 Å². The molecular weight excluding hydrogens is 208 g/mol. The summed E-state index contributed by atoms with van der Waals surface area (Å²) in [7, 11) is 1.31. The van der Waals surface area contributed by atoms with Crippen LogP contribution in [0.15, 0.2) is 0 Å². The van der Waals surface area contributed by atoms with Crippen molar-refractivity contribution in [2.45, 2.75) is 33.2 Å². The van der Waals surface area contributed by atoms with Gasteiger partial charge in [0.2, 0.25) is 5.91 Å². The van der Waals surface area contributed by atoms with Crippen LogP contribution in [0.2, 0.25) is 0 Å². The summed E-state index contributed by atoms with van der Waals surface area (Å²) in [6.45, 7) is 6.83. The van der Waals surface area contributed by atoms with Crippen molar-refractivity contribution in [2.24, 2.45) is 5.92 Å². The Kier molecular flexibility index (Phi) is 7.54. The Morgan fingerprint density at radius 2 is 1.94 bits per heavy atom. The molecule has 2 atom stereocenters. The molecule has 0 rings (SSSR count). The van der Waals surface area contributed by atoms with Gasteiger partial charge in [0.15, 0.2) is 0 Å². The van der Waals surface area contributed by atoms with Crippen LogP contribution in [0.4, 0.5) is 0 Å². The molecule has 0 spiro atoms. The van der Waals surface area contributed by atoms with E-state index >= 15 is 0 Å². The summed E-state index contributed by atoms with van der Waals surface area (Å²) < 4.78 is 4.60. The monoisotopic (exact) mass is 230 g/mol. The van der Waals surface area contributed by atoms with Crippen LogP contribution in [-0.4, -0.2) is 38.1 Å². The van der Waals surface area contributed by atoms with Gasteiger partial charge in [0.05, 0.1) is 7.11 Å². The first kappa shape index (κ1) is 14.9. The van der Waals surface area contributed by atoms with Crippen molar-refractivity contribution >= 4 is 11.9 Å². The maximum atomic E-state index is 11.3. The van der Waals surface area contributed by atoms with E-state index in [1.54, 1.807) is 0 Å². The van der Waals surface area contributed by atoms with E-state index in [1.807, 2.05) is 0 Å². The fraction of sp³-hybridized carbons (Fsp3) is 0.818. The third-order valence-corrected chi connectivity index (χ3v) is 2.40. The number of ether oxygens (including phenoxy) is 1. The van der Waals surface area contributed by atoms with Gasteiger partial charge in [-0.05, 0) is 12.5 Å². The van der Waals surface area contributed by atoms with Crippen LogP contribution in [0.5, 0.6) is 0 Å². The van der Waals surface area contributed by atoms with Crippen molar-refractivity contribution in [3.05, 3.63) is 0 Å². The molecule has 16 heavy (non-hydrogen) atoms. The van der Waals surface area contributed by atoms with Crippen LogP contribution in [0, 0.1) is 5.92 Å². The number of esters is 1. The number of carbonyl (C=O) groups is 2. The van der Waals surface area contributed by atoms with Crippen LogP contribution < -0.4 is 10.6 Å². The molecular formula is C11H22N2O3. The molecule has 0 aliphatic heterocycles. The van der Waals surface area contributed by atoms with E-state index in [0.717, 1.165) is 13.0 Å². The predicted molar refractivity (Wildman–Crippen MR) is 61.9 cm³/mol. The van der Waals surface area contributed by atoms with Gasteiger partial charge in [-0.15, -0.1) is 0 Å². The average Bonchev–Trinajstić information content (AvgIpc) is 2.25. The van der Waals surface area contributed by atoms with E-state index in [2.05, 4.69) is 29.2 Å². The van der Waals surface area contributed by atoms with Crippen molar-refractivity contribution < 1.29 is 14.3 Å². The van der Waals surface area contributed by atoms with Gasteiger partial charge in [0.25, 0.3) is 0 Å². The zero-order chi connectivity index (χ0) is 12.6. The zero-order valence-corrected chi connectivity index (χ0v) is 10.5. The SMILES string of the molecule is CCC(C)CNCC(NC(C)=O)C(=O)OC. The lowest BCUT2D eigenvalue weighted by Crippen LogP contribution is -2.47. The van der Waals surface area contributed by atoms with Gasteiger partial charge in [-0.2, -0.15) is 0 Å². The normalized spacial score (nSPS) is 14.0. The molecule has 0 radical (unpaired) electrons. The van der Waals surface area contributed by atoms with Crippen molar-refractivity contribution in [3.8, 4) is 0 Å². The number of amides is 1. The maximum absolute atomic E-state index is 11.3. The van der Waals surface area contributed by atoms with Gasteiger partial charge in [0, 0.05) is 13.5 Å². The minimum Gasteiger partial charge on any atom is -0.467 e. The minimum atomic E-state index is -0.605. The van der Waals surface area contributed by atoms with Crippen LogP contribution in [0.3, 0.4) is 0 Å². The van der Waals surface area contributed by atoms with Crippen molar-refractivity contribution in [1.29, 1.82) is 0 Å². The summed E-state index contributed by atoms with van der Waals surface area (Å²) in [5, 5.41) is 5.69. The summed E-state index contributed by atoms with van der Waals surface area (Å²) in [4.78, 5) is 22.2. The number of carbonyl (C=O) groups excluding carboxylic acids is 2. The molecule has 0 bridgehead atoms. The molecule has 0 aliphatic rings. The molecule has 94 valence electrons. The molecule has 2 N–H and O–H groups in total. The van der Waals surface area contributed by atoms with Gasteiger partial charge < -0.3 is 15.4 Å². The minimum absolute atomic E-state index is 0.235. The molecule has 5 heteroatoms. The fourth-order valence-electron chi connectivity index (χ4n) is 1.20. The Balaban J connectivity index is 4.01. The highest BCUT2D eigenvalue weighted by Crippen LogP contribution is 1.97. The molecule has 0 saturated carbocycles. The Bertz CT molecular complexity index is 231. The first-order valence-corrected chi connectivity index (χ1v) is 5.56. The molecule has 0 heterocycles. The lowest BCUT2D eigenvalue weighted by atomic mass is 10.1. The highest BCUT2D eigenvalue weighted by molar-refractivity contribution is 5.83. The summed E-state index contributed by atoms with van der Waals surface area (Å²) in [6, 6.07) is -0.605. The molecule has 0 aromatic carbocycles. The second-order valence-corrected chi connectivity index (χ2v) is 3.95. The summed E-state index contributed by atoms with van der Waals surface area (Å²) in [5.41, 5.74) is 0. The third kappa shape index (κ3) is 6.40. The zero-order valence-electron chi connectivity index (χ0n) is 10.5. The van der Waals surface area contributed by atoms with E-state index in [4.69, 9.17) is 0 Å². The topological polar surface area (TPSA) is 67.4 Å². The average molecular weight is 230 g/mol. The van der Waals surface area contributed by atoms with Crippen LogP contribution in [0.1, 0.15) is 27.2 Å². The smallest absolute Gasteiger partial charge is 0.329 e. The van der Waals surface area contributed by atoms with Gasteiger partial charge in [-0.1, -0.05) is 20.3 Å². The highest BCUT2D eigenvalue weighted by atomic mass is 16.5. The molecule has 0 aliphatic carbocycles. The molecule has 0 saturated heterocycles. The third-order valence-electron chi connectivity index (χ3n) is 2.40. The molecule has 0 aromatic heterocycles. The number of rotatable bonds is 7. The molecule has 5 nitrogen and oxygen atoms in total. The second-order valence-electron chi connectivity index (χ2n) is 3.95. The number of methoxy groups -OCH3 is 1. The van der Waals surface area contributed by atoms with Crippen LogP contribution in [-0.2, 0) is 14.3 Å². The first-order valence-electron chi connectivity index (χ1n) is 5.56. The Morgan fingerprint density at radius 1 is 1.31 bits per heavy atom. The Hall–Kier alpha value is -1.10. The quantitative estimate of drug-likeness (QED) is 0.617. The number of hydrogen-bond donors (Lipinski definition) is 2. The predicted octanol–water partition coefficient (Wildman–Crippen LogP) is 0.300. The molecule has 1 amide bonds. The van der Waals surface area contributed by atoms with Crippen LogP contribution in [0.25, 0.3) is 0 Å². The number of nitrogens with one attached hydrogen (secondary N) is 2. The van der Waals surface area contributed by atoms with Crippen LogP contribution >= 0.6 is 0 Å². The maximum Gasteiger partial charge on any atom is 0.329 e. The van der Waals surface area contributed by atoms with Gasteiger partial charge >= 0.3 is 5.97 Å². The van der Waals surface area contributed by atoms with E-state index in [-0.39, 0.29) is 5.91 Å². The van der Waals surface area contributed by atoms with Gasteiger partial charge in [-0.3, -0.25) is 4.79 Å². The standard InChI is InChI=1S/C11H22N2O3/c1-5-8(2)6-12-7-10(11(15)16-4)13-9(3)14/h8,10,12H,5-7H2,1-4H3,(H,13,14). The Labute approximate surface area is 96.9 Å². The molecule has 2 unspecified atom stereocenters. The van der Waals surface area contributed by atoms with E-state index < -0.39 is 12.0 Å². The molecule has 0 fully saturated rings. The van der Waals surface area contributed by atoms with Crippen molar-refractivity contribution in [3.63, 3.8) is 0 Å². The first-order chi connectivity index (χ1) is 7.51. The summed E-state index contributed by atoms with van der Waals surface area (Å²) in [6.07, 6.45) is 1.08. The molecule has 0 aromatic rings. The Morgan fingerprint density at radius 3 is 2.38 bits per heavy atom. The lowest BCUT2D eigenvalue weighted by molar-refractivity contribution is -0.144. The van der Waals surface area contributed by atoms with E-state index in [1.165, 1.54) is 14.0 Å². The van der Waals surface area contributed by atoms with E-state index in [0.29, 0.717) is 12.5 Å². The summed E-state index contributed by atoms with van der Waals surface area (Å²) in [5.74, 6) is -0.108. The fourth-order valence-corrected chi connectivity index (χ4v) is 1.20. The largest absolute Gasteiger partial charge is 0.467 e. The van der Waals surface area contributed by atoms with Crippen molar-refractivity contribution in [1.82, 2.24) is 10.6 Å². The summed E-state index contributed by atoms with van der Waals surface area (Å²) >= 11 is 0. The second kappa shape index (κ2) is 8.10. The lowest BCUT2D eigenvalue weighted by Gasteiger charge is -2.17. The van der Waals surface area contributed by atoms with Crippen molar-refractivity contribution in [2.75, 3.05) is 20.2 Å².